The summed E-state index contributed by atoms with van der Waals surface area (Å²) in [5.74, 6) is 0. The first kappa shape index (κ1) is 28.3. The highest BCUT2D eigenvalue weighted by atomic mass is 16.3. The molecule has 8 aromatic carbocycles. The van der Waals surface area contributed by atoms with Gasteiger partial charge in [0.15, 0.2) is 0 Å². The van der Waals surface area contributed by atoms with Gasteiger partial charge in [0.2, 0.25) is 0 Å². The Bertz CT molecular complexity index is 2880. The fraction of sp³-hybridized carbons (Fsp3) is 0. The monoisotopic (exact) mass is 638 g/mol. The van der Waals surface area contributed by atoms with Gasteiger partial charge in [0.25, 0.3) is 0 Å². The maximum absolute atomic E-state index is 6.38. The van der Waals surface area contributed by atoms with Crippen LogP contribution in [0, 0.1) is 0 Å². The summed E-state index contributed by atoms with van der Waals surface area (Å²) in [6.07, 6.45) is 1.94. The molecule has 10 rings (SSSR count). The van der Waals surface area contributed by atoms with E-state index < -0.39 is 0 Å². The minimum absolute atomic E-state index is 0.866. The van der Waals surface area contributed by atoms with Crippen molar-refractivity contribution < 1.29 is 4.42 Å². The number of nitrogens with zero attached hydrogens (tertiary/aromatic N) is 2. The number of benzene rings is 8. The fourth-order valence-corrected chi connectivity index (χ4v) is 7.45. The van der Waals surface area contributed by atoms with Crippen LogP contribution in [0.25, 0.3) is 76.6 Å². The molecule has 0 spiro atoms. The highest BCUT2D eigenvalue weighted by Crippen LogP contribution is 2.43. The van der Waals surface area contributed by atoms with E-state index in [4.69, 9.17) is 9.40 Å². The van der Waals surface area contributed by atoms with E-state index in [1.807, 2.05) is 24.4 Å². The lowest BCUT2D eigenvalue weighted by molar-refractivity contribution is 0.672. The molecule has 0 unspecified atom stereocenters. The van der Waals surface area contributed by atoms with E-state index in [9.17, 15) is 0 Å². The molecule has 0 amide bonds. The summed E-state index contributed by atoms with van der Waals surface area (Å²) >= 11 is 0. The van der Waals surface area contributed by atoms with Crippen LogP contribution in [0.5, 0.6) is 0 Å². The maximum atomic E-state index is 6.38. The number of hydrogen-bond donors (Lipinski definition) is 0. The zero-order valence-electron chi connectivity index (χ0n) is 27.1. The van der Waals surface area contributed by atoms with Gasteiger partial charge < -0.3 is 9.32 Å². The zero-order chi connectivity index (χ0) is 33.0. The SMILES string of the molecule is c1ccc(N(c2ccc(-c3cccc4ccccc34)cc2)c2ccc3c(c2)ncc2c4ccccc4oc32)c(-c2ccc3ccccc3c2)c1. The summed E-state index contributed by atoms with van der Waals surface area (Å²) < 4.78 is 6.38. The van der Waals surface area contributed by atoms with Crippen molar-refractivity contribution in [1.82, 2.24) is 4.98 Å². The molecular weight excluding hydrogens is 609 g/mol. The number of para-hydroxylation sites is 2. The van der Waals surface area contributed by atoms with E-state index in [2.05, 4.69) is 163 Å². The van der Waals surface area contributed by atoms with Crippen LogP contribution in [0.15, 0.2) is 187 Å². The van der Waals surface area contributed by atoms with E-state index in [0.717, 1.165) is 55.5 Å². The molecule has 0 aliphatic heterocycles. The van der Waals surface area contributed by atoms with Gasteiger partial charge in [-0.2, -0.15) is 0 Å². The van der Waals surface area contributed by atoms with Crippen LogP contribution in [-0.2, 0) is 0 Å². The number of aromatic nitrogens is 1. The van der Waals surface area contributed by atoms with Crippen LogP contribution in [0.4, 0.5) is 17.1 Å². The van der Waals surface area contributed by atoms with Gasteiger partial charge in [0.1, 0.15) is 11.2 Å². The van der Waals surface area contributed by atoms with Crippen molar-refractivity contribution in [1.29, 1.82) is 0 Å². The molecule has 0 N–H and O–H groups in total. The smallest absolute Gasteiger partial charge is 0.146 e. The Kier molecular flexibility index (Phi) is 6.49. The van der Waals surface area contributed by atoms with E-state index in [-0.39, 0.29) is 0 Å². The third-order valence-electron chi connectivity index (χ3n) is 9.88. The Labute approximate surface area is 289 Å². The van der Waals surface area contributed by atoms with Gasteiger partial charge in [0, 0.05) is 39.3 Å². The van der Waals surface area contributed by atoms with Crippen LogP contribution < -0.4 is 4.90 Å². The summed E-state index contributed by atoms with van der Waals surface area (Å²) in [6.45, 7) is 0. The normalized spacial score (nSPS) is 11.6. The Morgan fingerprint density at radius 2 is 1.10 bits per heavy atom. The van der Waals surface area contributed by atoms with E-state index in [1.54, 1.807) is 0 Å². The van der Waals surface area contributed by atoms with E-state index in [1.165, 1.54) is 38.2 Å². The molecule has 0 saturated carbocycles. The zero-order valence-corrected chi connectivity index (χ0v) is 27.1. The molecule has 2 aromatic heterocycles. The number of furan rings is 1. The lowest BCUT2D eigenvalue weighted by atomic mass is 9.97. The number of fused-ring (bicyclic) bond motifs is 7. The van der Waals surface area contributed by atoms with Crippen molar-refractivity contribution in [2.75, 3.05) is 4.90 Å². The first-order valence-electron chi connectivity index (χ1n) is 17.0. The molecule has 0 radical (unpaired) electrons. The van der Waals surface area contributed by atoms with E-state index in [0.29, 0.717) is 0 Å². The number of pyridine rings is 1. The predicted molar refractivity (Wildman–Crippen MR) is 210 cm³/mol. The Morgan fingerprint density at radius 3 is 2.00 bits per heavy atom. The fourth-order valence-electron chi connectivity index (χ4n) is 7.45. The highest BCUT2D eigenvalue weighted by Gasteiger charge is 2.19. The van der Waals surface area contributed by atoms with Crippen molar-refractivity contribution in [2.24, 2.45) is 0 Å². The largest absolute Gasteiger partial charge is 0.455 e. The Morgan fingerprint density at radius 1 is 0.420 bits per heavy atom. The molecule has 50 heavy (non-hydrogen) atoms. The van der Waals surface area contributed by atoms with Gasteiger partial charge in [0.05, 0.1) is 11.2 Å². The van der Waals surface area contributed by atoms with E-state index >= 15 is 0 Å². The summed E-state index contributed by atoms with van der Waals surface area (Å²) in [4.78, 5) is 7.32. The third kappa shape index (κ3) is 4.63. The highest BCUT2D eigenvalue weighted by molar-refractivity contribution is 6.14. The summed E-state index contributed by atoms with van der Waals surface area (Å²) in [7, 11) is 0. The van der Waals surface area contributed by atoms with Crippen molar-refractivity contribution >= 4 is 71.4 Å². The molecule has 0 fully saturated rings. The van der Waals surface area contributed by atoms with Crippen molar-refractivity contribution in [3.63, 3.8) is 0 Å². The number of anilines is 3. The molecule has 10 aromatic rings. The summed E-state index contributed by atoms with van der Waals surface area (Å²) in [5.41, 5.74) is 10.5. The molecule has 0 aliphatic rings. The van der Waals surface area contributed by atoms with Crippen LogP contribution in [-0.4, -0.2) is 4.98 Å². The molecule has 3 heteroatoms. The standard InChI is InChI=1S/C47H30N2O/c1-2-12-34-28-35(21-20-31(34)10-1)40-15-5-7-18-45(40)49(36-24-22-33(23-25-36)39-17-9-13-32-11-3-4-14-38(32)39)37-26-27-42-44(29-37)48-30-43-41-16-6-8-19-46(41)50-47(42)43/h1-30H. The summed E-state index contributed by atoms with van der Waals surface area (Å²) in [5, 5.41) is 8.04. The molecular formula is C47H30N2O. The van der Waals surface area contributed by atoms with Gasteiger partial charge in [-0.3, -0.25) is 4.98 Å². The van der Waals surface area contributed by atoms with Crippen LogP contribution in [0.1, 0.15) is 0 Å². The molecule has 0 atom stereocenters. The van der Waals surface area contributed by atoms with Gasteiger partial charge in [-0.1, -0.05) is 127 Å². The second-order valence-electron chi connectivity index (χ2n) is 12.8. The van der Waals surface area contributed by atoms with Crippen molar-refractivity contribution in [3.8, 4) is 22.3 Å². The molecule has 0 aliphatic carbocycles. The lowest BCUT2D eigenvalue weighted by Gasteiger charge is -2.28. The lowest BCUT2D eigenvalue weighted by Crippen LogP contribution is -2.11. The quantitative estimate of drug-likeness (QED) is 0.188. The average Bonchev–Trinajstić information content (AvgIpc) is 3.57. The second-order valence-corrected chi connectivity index (χ2v) is 12.8. The van der Waals surface area contributed by atoms with Crippen molar-refractivity contribution in [2.45, 2.75) is 0 Å². The van der Waals surface area contributed by atoms with Crippen LogP contribution in [0.3, 0.4) is 0 Å². The Hall–Kier alpha value is -6.71. The van der Waals surface area contributed by atoms with Gasteiger partial charge in [-0.25, -0.2) is 0 Å². The number of hydrogen-bond acceptors (Lipinski definition) is 3. The van der Waals surface area contributed by atoms with Gasteiger partial charge in [-0.15, -0.1) is 0 Å². The minimum Gasteiger partial charge on any atom is -0.455 e. The first-order chi connectivity index (χ1) is 24.8. The Balaban J connectivity index is 1.16. The average molecular weight is 639 g/mol. The number of rotatable bonds is 5. The topological polar surface area (TPSA) is 29.3 Å². The predicted octanol–water partition coefficient (Wildman–Crippen LogP) is 13.2. The van der Waals surface area contributed by atoms with Gasteiger partial charge in [-0.05, 0) is 86.8 Å². The molecule has 234 valence electrons. The maximum Gasteiger partial charge on any atom is 0.146 e. The molecule has 3 nitrogen and oxygen atoms in total. The first-order valence-corrected chi connectivity index (χ1v) is 17.0. The second kappa shape index (κ2) is 11.5. The molecule has 0 bridgehead atoms. The van der Waals surface area contributed by atoms with Crippen molar-refractivity contribution in [3.05, 3.63) is 182 Å². The minimum atomic E-state index is 0.866. The summed E-state index contributed by atoms with van der Waals surface area (Å²) in [6, 6.07) is 62.6. The van der Waals surface area contributed by atoms with Crippen LogP contribution >= 0.6 is 0 Å². The molecule has 2 heterocycles. The van der Waals surface area contributed by atoms with Gasteiger partial charge >= 0.3 is 0 Å². The third-order valence-corrected chi connectivity index (χ3v) is 9.88. The van der Waals surface area contributed by atoms with Crippen LogP contribution in [0.2, 0.25) is 0 Å². The molecule has 0 saturated heterocycles.